The van der Waals surface area contributed by atoms with Crippen molar-refractivity contribution >= 4 is 29.0 Å². The van der Waals surface area contributed by atoms with Gasteiger partial charge in [0.1, 0.15) is 5.37 Å². The smallest absolute Gasteiger partial charge is 0.233 e. The summed E-state index contributed by atoms with van der Waals surface area (Å²) in [5.74, 6) is 2.23. The van der Waals surface area contributed by atoms with Crippen molar-refractivity contribution < 1.29 is 14.3 Å². The van der Waals surface area contributed by atoms with Crippen LogP contribution in [0.4, 0.5) is 0 Å². The Morgan fingerprint density at radius 3 is 2.74 bits per heavy atom. The molecule has 4 nitrogen and oxygen atoms in total. The summed E-state index contributed by atoms with van der Waals surface area (Å²) >= 11 is 3.41. The Balaban J connectivity index is 1.70. The summed E-state index contributed by atoms with van der Waals surface area (Å²) in [5, 5.41) is 2.22. The second kappa shape index (κ2) is 7.27. The number of carbonyl (C=O) groups excluding carboxylic acids is 1. The van der Waals surface area contributed by atoms with Gasteiger partial charge in [0.15, 0.2) is 11.5 Å². The van der Waals surface area contributed by atoms with E-state index in [4.69, 9.17) is 9.47 Å². The first-order chi connectivity index (χ1) is 11.2. The van der Waals surface area contributed by atoms with Crippen molar-refractivity contribution in [3.8, 4) is 11.5 Å². The summed E-state index contributed by atoms with van der Waals surface area (Å²) in [5.41, 5.74) is 1.14. The third-order valence-electron chi connectivity index (χ3n) is 3.84. The van der Waals surface area contributed by atoms with Crippen molar-refractivity contribution in [3.63, 3.8) is 0 Å². The van der Waals surface area contributed by atoms with E-state index in [1.807, 2.05) is 29.2 Å². The van der Waals surface area contributed by atoms with Crippen LogP contribution in [-0.4, -0.2) is 37.3 Å². The molecule has 0 aliphatic carbocycles. The fourth-order valence-corrected chi connectivity index (χ4v) is 4.85. The predicted molar refractivity (Wildman–Crippen MR) is 94.5 cm³/mol. The molecule has 0 spiro atoms. The zero-order valence-corrected chi connectivity index (χ0v) is 14.8. The Kier molecular flexibility index (Phi) is 5.13. The second-order valence-electron chi connectivity index (χ2n) is 5.21. The minimum absolute atomic E-state index is 0.155. The van der Waals surface area contributed by atoms with Crippen LogP contribution >= 0.6 is 23.1 Å². The molecule has 1 aliphatic rings. The van der Waals surface area contributed by atoms with Crippen molar-refractivity contribution in [3.05, 3.63) is 46.2 Å². The fourth-order valence-electron chi connectivity index (χ4n) is 2.65. The van der Waals surface area contributed by atoms with Crippen LogP contribution in [0.5, 0.6) is 11.5 Å². The molecule has 2 aromatic rings. The Hall–Kier alpha value is -1.66. The molecule has 122 valence electrons. The molecule has 0 saturated carbocycles. The maximum Gasteiger partial charge on any atom is 0.233 e. The lowest BCUT2D eigenvalue weighted by Gasteiger charge is -2.23. The number of hydrogen-bond donors (Lipinski definition) is 0. The number of hydrogen-bond acceptors (Lipinski definition) is 5. The van der Waals surface area contributed by atoms with E-state index in [1.54, 1.807) is 37.3 Å². The van der Waals surface area contributed by atoms with Crippen LogP contribution in [0.1, 0.15) is 15.8 Å². The van der Waals surface area contributed by atoms with Crippen LogP contribution < -0.4 is 9.47 Å². The van der Waals surface area contributed by atoms with Gasteiger partial charge in [-0.05, 0) is 35.6 Å². The molecule has 6 heteroatoms. The van der Waals surface area contributed by atoms with Gasteiger partial charge in [-0.15, -0.1) is 23.1 Å². The van der Waals surface area contributed by atoms with Gasteiger partial charge in [-0.1, -0.05) is 12.1 Å². The molecular formula is C17H19NO3S2. The van der Waals surface area contributed by atoms with Gasteiger partial charge in [0, 0.05) is 11.4 Å². The van der Waals surface area contributed by atoms with E-state index in [-0.39, 0.29) is 11.3 Å². The maximum atomic E-state index is 12.2. The number of thioether (sulfide) groups is 1. The fraction of sp³-hybridized carbons (Fsp3) is 0.353. The van der Waals surface area contributed by atoms with Gasteiger partial charge in [-0.2, -0.15) is 0 Å². The highest BCUT2D eigenvalue weighted by Crippen LogP contribution is 2.40. The number of rotatable bonds is 6. The standard InChI is InChI=1S/C17H19NO3S2/c1-20-13-6-5-12(10-14(13)21-2)7-8-18-16(19)11-23-17(18)15-4-3-9-22-15/h3-6,9-10,17H,7-8,11H2,1-2H3/t17-/m1/s1. The summed E-state index contributed by atoms with van der Waals surface area (Å²) in [6, 6.07) is 10.0. The summed E-state index contributed by atoms with van der Waals surface area (Å²) in [7, 11) is 3.26. The highest BCUT2D eigenvalue weighted by atomic mass is 32.2. The first kappa shape index (κ1) is 16.2. The van der Waals surface area contributed by atoms with Crippen molar-refractivity contribution in [1.82, 2.24) is 4.90 Å². The number of methoxy groups -OCH3 is 2. The Morgan fingerprint density at radius 1 is 1.22 bits per heavy atom. The Bertz CT molecular complexity index is 672. The molecule has 1 amide bonds. The molecule has 0 bridgehead atoms. The Morgan fingerprint density at radius 2 is 2.04 bits per heavy atom. The largest absolute Gasteiger partial charge is 0.493 e. The topological polar surface area (TPSA) is 38.8 Å². The quantitative estimate of drug-likeness (QED) is 0.799. The number of nitrogens with zero attached hydrogens (tertiary/aromatic N) is 1. The van der Waals surface area contributed by atoms with Gasteiger partial charge in [0.25, 0.3) is 0 Å². The summed E-state index contributed by atoms with van der Waals surface area (Å²) in [6.45, 7) is 0.712. The predicted octanol–water partition coefficient (Wildman–Crippen LogP) is 3.58. The minimum Gasteiger partial charge on any atom is -0.493 e. The van der Waals surface area contributed by atoms with Gasteiger partial charge >= 0.3 is 0 Å². The molecule has 1 saturated heterocycles. The lowest BCUT2D eigenvalue weighted by Crippen LogP contribution is -2.30. The SMILES string of the molecule is COc1ccc(CCN2C(=O)CS[C@@H]2c2cccs2)cc1OC. The molecular weight excluding hydrogens is 330 g/mol. The molecule has 0 radical (unpaired) electrons. The van der Waals surface area contributed by atoms with E-state index in [0.717, 1.165) is 23.5 Å². The first-order valence-corrected chi connectivity index (χ1v) is 9.31. The van der Waals surface area contributed by atoms with E-state index in [9.17, 15) is 4.79 Å². The minimum atomic E-state index is 0.155. The van der Waals surface area contributed by atoms with Crippen LogP contribution in [0.3, 0.4) is 0 Å². The number of ether oxygens (including phenoxy) is 2. The molecule has 0 N–H and O–H groups in total. The van der Waals surface area contributed by atoms with Crippen LogP contribution in [0.25, 0.3) is 0 Å². The van der Waals surface area contributed by atoms with Gasteiger partial charge < -0.3 is 14.4 Å². The van der Waals surface area contributed by atoms with E-state index < -0.39 is 0 Å². The molecule has 1 aromatic heterocycles. The van der Waals surface area contributed by atoms with E-state index in [1.165, 1.54) is 4.88 Å². The zero-order valence-electron chi connectivity index (χ0n) is 13.2. The highest BCUT2D eigenvalue weighted by molar-refractivity contribution is 8.00. The molecule has 1 fully saturated rings. The third kappa shape index (κ3) is 3.48. The summed E-state index contributed by atoms with van der Waals surface area (Å²) in [4.78, 5) is 15.4. The lowest BCUT2D eigenvalue weighted by atomic mass is 10.1. The van der Waals surface area contributed by atoms with E-state index in [0.29, 0.717) is 12.3 Å². The maximum absolute atomic E-state index is 12.2. The zero-order chi connectivity index (χ0) is 16.2. The van der Waals surface area contributed by atoms with Crippen molar-refractivity contribution in [1.29, 1.82) is 0 Å². The van der Waals surface area contributed by atoms with Gasteiger partial charge in [0.05, 0.1) is 20.0 Å². The molecule has 23 heavy (non-hydrogen) atoms. The molecule has 1 atom stereocenters. The first-order valence-electron chi connectivity index (χ1n) is 7.38. The molecule has 0 unspecified atom stereocenters. The van der Waals surface area contributed by atoms with Crippen LogP contribution in [0, 0.1) is 0 Å². The van der Waals surface area contributed by atoms with Crippen LogP contribution in [-0.2, 0) is 11.2 Å². The normalized spacial score (nSPS) is 17.6. The Labute approximate surface area is 144 Å². The average molecular weight is 349 g/mol. The average Bonchev–Trinajstić information content (AvgIpc) is 3.22. The van der Waals surface area contributed by atoms with Gasteiger partial charge in [-0.25, -0.2) is 0 Å². The monoisotopic (exact) mass is 349 g/mol. The van der Waals surface area contributed by atoms with Crippen molar-refractivity contribution in [2.24, 2.45) is 0 Å². The van der Waals surface area contributed by atoms with E-state index >= 15 is 0 Å². The van der Waals surface area contributed by atoms with Crippen LogP contribution in [0.15, 0.2) is 35.7 Å². The number of benzene rings is 1. The van der Waals surface area contributed by atoms with Crippen LogP contribution in [0.2, 0.25) is 0 Å². The molecule has 3 rings (SSSR count). The van der Waals surface area contributed by atoms with E-state index in [2.05, 4.69) is 11.4 Å². The van der Waals surface area contributed by atoms with Gasteiger partial charge in [0.2, 0.25) is 5.91 Å². The van der Waals surface area contributed by atoms with Crippen molar-refractivity contribution in [2.75, 3.05) is 26.5 Å². The number of carbonyl (C=O) groups is 1. The highest BCUT2D eigenvalue weighted by Gasteiger charge is 2.32. The third-order valence-corrected chi connectivity index (χ3v) is 6.16. The molecule has 1 aromatic carbocycles. The lowest BCUT2D eigenvalue weighted by molar-refractivity contribution is -0.127. The summed E-state index contributed by atoms with van der Waals surface area (Å²) in [6.07, 6.45) is 0.800. The van der Waals surface area contributed by atoms with Crippen molar-refractivity contribution in [2.45, 2.75) is 11.8 Å². The molecule has 2 heterocycles. The number of amides is 1. The second-order valence-corrected chi connectivity index (χ2v) is 7.25. The summed E-state index contributed by atoms with van der Waals surface area (Å²) < 4.78 is 10.6. The molecule has 1 aliphatic heterocycles. The number of thiophene rings is 1. The van der Waals surface area contributed by atoms with Gasteiger partial charge in [-0.3, -0.25) is 4.79 Å².